The summed E-state index contributed by atoms with van der Waals surface area (Å²) in [4.78, 5) is 32.3. The number of pyridine rings is 1. The summed E-state index contributed by atoms with van der Waals surface area (Å²) in [6, 6.07) is 11.9. The Balaban J connectivity index is 1.79. The standard InChI is InChI=1S/C17H16ClN3O2/c1-20(16(22)13-7-4-5-10-19-13)15-9-11-21(17(15)23)14-8-3-2-6-12(14)18/h2-8,10,15H,9,11H2,1H3/t15-/m0/s1. The van der Waals surface area contributed by atoms with Gasteiger partial charge in [-0.2, -0.15) is 0 Å². The highest BCUT2D eigenvalue weighted by atomic mass is 35.5. The Morgan fingerprint density at radius 2 is 2.00 bits per heavy atom. The number of carbonyl (C=O) groups excluding carboxylic acids is 2. The number of hydrogen-bond acceptors (Lipinski definition) is 3. The van der Waals surface area contributed by atoms with E-state index in [-0.39, 0.29) is 11.8 Å². The lowest BCUT2D eigenvalue weighted by molar-refractivity contribution is -0.120. The fourth-order valence-corrected chi connectivity index (χ4v) is 2.98. The molecule has 0 spiro atoms. The second-order valence-corrected chi connectivity index (χ2v) is 5.78. The number of anilines is 1. The zero-order valence-corrected chi connectivity index (χ0v) is 13.4. The van der Waals surface area contributed by atoms with Gasteiger partial charge >= 0.3 is 0 Å². The average molecular weight is 330 g/mol. The molecule has 0 saturated carbocycles. The van der Waals surface area contributed by atoms with E-state index in [2.05, 4.69) is 4.98 Å². The molecule has 0 radical (unpaired) electrons. The summed E-state index contributed by atoms with van der Waals surface area (Å²) in [5, 5.41) is 0.528. The molecule has 1 atom stereocenters. The molecule has 1 aliphatic rings. The van der Waals surface area contributed by atoms with Crippen LogP contribution in [0.2, 0.25) is 5.02 Å². The number of amides is 2. The number of likely N-dealkylation sites (N-methyl/N-ethyl adjacent to an activating group) is 1. The summed E-state index contributed by atoms with van der Waals surface area (Å²) in [7, 11) is 1.63. The van der Waals surface area contributed by atoms with Gasteiger partial charge in [-0.05, 0) is 30.7 Å². The van der Waals surface area contributed by atoms with E-state index in [0.717, 1.165) is 0 Å². The largest absolute Gasteiger partial charge is 0.328 e. The van der Waals surface area contributed by atoms with Gasteiger partial charge in [0, 0.05) is 19.8 Å². The summed E-state index contributed by atoms with van der Waals surface area (Å²) in [5.74, 6) is -0.380. The van der Waals surface area contributed by atoms with Gasteiger partial charge in [0.1, 0.15) is 11.7 Å². The molecule has 6 heteroatoms. The Morgan fingerprint density at radius 3 is 2.70 bits per heavy atom. The van der Waals surface area contributed by atoms with Crippen molar-refractivity contribution < 1.29 is 9.59 Å². The Morgan fingerprint density at radius 1 is 1.26 bits per heavy atom. The Bertz CT molecular complexity index is 736. The van der Waals surface area contributed by atoms with Gasteiger partial charge in [-0.25, -0.2) is 0 Å². The van der Waals surface area contributed by atoms with E-state index < -0.39 is 6.04 Å². The Hall–Kier alpha value is -2.40. The fourth-order valence-electron chi connectivity index (χ4n) is 2.75. The average Bonchev–Trinajstić information content (AvgIpc) is 2.96. The minimum Gasteiger partial charge on any atom is -0.328 e. The van der Waals surface area contributed by atoms with Crippen LogP contribution in [0, 0.1) is 0 Å². The predicted molar refractivity (Wildman–Crippen MR) is 88.5 cm³/mol. The smallest absolute Gasteiger partial charge is 0.272 e. The van der Waals surface area contributed by atoms with Crippen molar-refractivity contribution in [2.45, 2.75) is 12.5 Å². The minimum atomic E-state index is -0.499. The number of rotatable bonds is 3. The van der Waals surface area contributed by atoms with Gasteiger partial charge in [0.2, 0.25) is 5.91 Å². The van der Waals surface area contributed by atoms with Gasteiger partial charge in [-0.15, -0.1) is 0 Å². The molecule has 23 heavy (non-hydrogen) atoms. The number of benzene rings is 1. The van der Waals surface area contributed by atoms with Crippen LogP contribution in [0.1, 0.15) is 16.9 Å². The van der Waals surface area contributed by atoms with Crippen molar-refractivity contribution in [3.63, 3.8) is 0 Å². The number of halogens is 1. The van der Waals surface area contributed by atoms with Crippen LogP contribution in [0.15, 0.2) is 48.7 Å². The molecule has 1 fully saturated rings. The molecule has 0 aliphatic carbocycles. The van der Waals surface area contributed by atoms with E-state index >= 15 is 0 Å². The number of carbonyl (C=O) groups is 2. The van der Waals surface area contributed by atoms with Crippen LogP contribution in [0.25, 0.3) is 0 Å². The topological polar surface area (TPSA) is 53.5 Å². The number of nitrogens with zero attached hydrogens (tertiary/aromatic N) is 3. The third-order valence-corrected chi connectivity index (χ3v) is 4.31. The predicted octanol–water partition coefficient (Wildman–Crippen LogP) is 2.61. The van der Waals surface area contributed by atoms with E-state index in [4.69, 9.17) is 11.6 Å². The highest BCUT2D eigenvalue weighted by Gasteiger charge is 2.38. The van der Waals surface area contributed by atoms with Crippen LogP contribution in [0.5, 0.6) is 0 Å². The first-order valence-corrected chi connectivity index (χ1v) is 7.71. The van der Waals surface area contributed by atoms with Crippen LogP contribution in [-0.2, 0) is 4.79 Å². The lowest BCUT2D eigenvalue weighted by Gasteiger charge is -2.24. The molecule has 2 aromatic rings. The Kier molecular flexibility index (Phi) is 4.30. The molecule has 1 saturated heterocycles. The van der Waals surface area contributed by atoms with Crippen molar-refractivity contribution in [2.24, 2.45) is 0 Å². The highest BCUT2D eigenvalue weighted by molar-refractivity contribution is 6.34. The normalized spacial score (nSPS) is 17.4. The molecule has 3 rings (SSSR count). The van der Waals surface area contributed by atoms with E-state index in [0.29, 0.717) is 29.4 Å². The molecule has 5 nitrogen and oxygen atoms in total. The number of aromatic nitrogens is 1. The lowest BCUT2D eigenvalue weighted by Crippen LogP contribution is -2.43. The molecular weight excluding hydrogens is 314 g/mol. The van der Waals surface area contributed by atoms with Crippen molar-refractivity contribution in [2.75, 3.05) is 18.5 Å². The molecule has 1 aromatic carbocycles. The second kappa shape index (κ2) is 6.38. The van der Waals surface area contributed by atoms with Gasteiger partial charge in [0.05, 0.1) is 10.7 Å². The third kappa shape index (κ3) is 2.92. The molecular formula is C17H16ClN3O2. The number of hydrogen-bond donors (Lipinski definition) is 0. The Labute approximate surface area is 139 Å². The summed E-state index contributed by atoms with van der Waals surface area (Å²) < 4.78 is 0. The second-order valence-electron chi connectivity index (χ2n) is 5.38. The first kappa shape index (κ1) is 15.5. The maximum atomic E-state index is 12.7. The first-order valence-electron chi connectivity index (χ1n) is 7.33. The van der Waals surface area contributed by atoms with Crippen LogP contribution in [0.3, 0.4) is 0 Å². The summed E-state index contributed by atoms with van der Waals surface area (Å²) >= 11 is 6.17. The quantitative estimate of drug-likeness (QED) is 0.869. The zero-order valence-electron chi connectivity index (χ0n) is 12.6. The maximum Gasteiger partial charge on any atom is 0.272 e. The summed E-state index contributed by atoms with van der Waals surface area (Å²) in [6.07, 6.45) is 2.13. The molecule has 0 bridgehead atoms. The lowest BCUT2D eigenvalue weighted by atomic mass is 10.2. The molecule has 118 valence electrons. The van der Waals surface area contributed by atoms with E-state index in [9.17, 15) is 9.59 Å². The van der Waals surface area contributed by atoms with Crippen LogP contribution < -0.4 is 4.90 Å². The van der Waals surface area contributed by atoms with Crippen molar-refractivity contribution in [1.29, 1.82) is 0 Å². The van der Waals surface area contributed by atoms with Crippen LogP contribution in [-0.4, -0.2) is 41.3 Å². The minimum absolute atomic E-state index is 0.120. The number of para-hydroxylation sites is 1. The van der Waals surface area contributed by atoms with Gasteiger partial charge in [0.15, 0.2) is 0 Å². The van der Waals surface area contributed by atoms with E-state index in [1.807, 2.05) is 18.2 Å². The van der Waals surface area contributed by atoms with Crippen molar-refractivity contribution in [3.8, 4) is 0 Å². The molecule has 1 aromatic heterocycles. The third-order valence-electron chi connectivity index (χ3n) is 3.99. The van der Waals surface area contributed by atoms with Gasteiger partial charge in [-0.3, -0.25) is 14.6 Å². The molecule has 2 heterocycles. The fraction of sp³-hybridized carbons (Fsp3) is 0.235. The maximum absolute atomic E-state index is 12.7. The summed E-state index contributed by atoms with van der Waals surface area (Å²) in [6.45, 7) is 0.535. The van der Waals surface area contributed by atoms with Crippen LogP contribution in [0.4, 0.5) is 5.69 Å². The monoisotopic (exact) mass is 329 g/mol. The zero-order chi connectivity index (χ0) is 16.4. The molecule has 2 amide bonds. The molecule has 1 aliphatic heterocycles. The van der Waals surface area contributed by atoms with E-state index in [1.165, 1.54) is 4.90 Å². The SMILES string of the molecule is CN(C(=O)c1ccccn1)[C@H]1CCN(c2ccccc2Cl)C1=O. The highest BCUT2D eigenvalue weighted by Crippen LogP contribution is 2.30. The first-order chi connectivity index (χ1) is 11.1. The van der Waals surface area contributed by atoms with Crippen molar-refractivity contribution in [3.05, 3.63) is 59.4 Å². The molecule has 0 unspecified atom stereocenters. The van der Waals surface area contributed by atoms with E-state index in [1.54, 1.807) is 42.4 Å². The van der Waals surface area contributed by atoms with Crippen molar-refractivity contribution in [1.82, 2.24) is 9.88 Å². The van der Waals surface area contributed by atoms with Gasteiger partial charge < -0.3 is 9.80 Å². The van der Waals surface area contributed by atoms with Crippen LogP contribution >= 0.6 is 11.6 Å². The van der Waals surface area contributed by atoms with Gasteiger partial charge in [-0.1, -0.05) is 29.8 Å². The van der Waals surface area contributed by atoms with Crippen molar-refractivity contribution >= 4 is 29.1 Å². The molecule has 0 N–H and O–H groups in total. The van der Waals surface area contributed by atoms with Gasteiger partial charge in [0.25, 0.3) is 5.91 Å². The summed E-state index contributed by atoms with van der Waals surface area (Å²) in [5.41, 5.74) is 1.01.